The van der Waals surface area contributed by atoms with Gasteiger partial charge in [0.2, 0.25) is 0 Å². The van der Waals surface area contributed by atoms with Crippen molar-refractivity contribution in [2.75, 3.05) is 0 Å². The van der Waals surface area contributed by atoms with E-state index in [0.717, 1.165) is 10.9 Å². The minimum absolute atomic E-state index is 0.0504. The van der Waals surface area contributed by atoms with Crippen LogP contribution in [0.5, 0.6) is 5.75 Å². The Bertz CT molecular complexity index is 847. The van der Waals surface area contributed by atoms with Crippen LogP contribution in [0.3, 0.4) is 0 Å². The largest absolute Gasteiger partial charge is 0.506 e. The number of aliphatic imine (C=N–C) groups is 1. The van der Waals surface area contributed by atoms with Gasteiger partial charge in [0.05, 0.1) is 10.5 Å². The zero-order valence-corrected chi connectivity index (χ0v) is 12.3. The minimum Gasteiger partial charge on any atom is -0.506 e. The van der Waals surface area contributed by atoms with E-state index in [1.165, 1.54) is 12.3 Å². The number of aromatic nitrogens is 1. The van der Waals surface area contributed by atoms with Gasteiger partial charge < -0.3 is 5.11 Å². The van der Waals surface area contributed by atoms with Crippen molar-refractivity contribution in [1.82, 2.24) is 4.98 Å². The van der Waals surface area contributed by atoms with E-state index in [2.05, 4.69) is 9.98 Å². The predicted molar refractivity (Wildman–Crippen MR) is 87.1 cm³/mol. The molecule has 3 rings (SSSR count). The summed E-state index contributed by atoms with van der Waals surface area (Å²) in [6.07, 6.45) is 1.49. The summed E-state index contributed by atoms with van der Waals surface area (Å²) in [5.41, 5.74) is 1.31. The maximum absolute atomic E-state index is 9.87. The van der Waals surface area contributed by atoms with E-state index < -0.39 is 0 Å². The molecule has 0 unspecified atom stereocenters. The second kappa shape index (κ2) is 5.72. The summed E-state index contributed by atoms with van der Waals surface area (Å²) in [7, 11) is 0. The summed E-state index contributed by atoms with van der Waals surface area (Å²) < 4.78 is 0. The zero-order valence-electron chi connectivity index (χ0n) is 10.8. The molecular weight excluding hydrogens is 307 g/mol. The molecule has 1 heterocycles. The van der Waals surface area contributed by atoms with E-state index in [0.29, 0.717) is 16.4 Å². The fraction of sp³-hybridized carbons (Fsp3) is 0. The Morgan fingerprint density at radius 2 is 1.86 bits per heavy atom. The lowest BCUT2D eigenvalue weighted by molar-refractivity contribution is 0.475. The van der Waals surface area contributed by atoms with E-state index in [-0.39, 0.29) is 10.8 Å². The van der Waals surface area contributed by atoms with Gasteiger partial charge in [-0.25, -0.2) is 9.98 Å². The molecule has 5 heteroatoms. The number of rotatable bonds is 2. The number of aromatic hydroxyl groups is 1. The first-order valence-corrected chi connectivity index (χ1v) is 6.97. The Hall–Kier alpha value is -2.10. The molecule has 0 aliphatic carbocycles. The number of fused-ring (bicyclic) bond motifs is 1. The molecule has 0 spiro atoms. The van der Waals surface area contributed by atoms with Crippen LogP contribution in [0.1, 0.15) is 5.56 Å². The Labute approximate surface area is 131 Å². The highest BCUT2D eigenvalue weighted by Gasteiger charge is 2.06. The van der Waals surface area contributed by atoms with E-state index >= 15 is 0 Å². The quantitative estimate of drug-likeness (QED) is 0.676. The van der Waals surface area contributed by atoms with Gasteiger partial charge in [0.25, 0.3) is 0 Å². The van der Waals surface area contributed by atoms with Crippen LogP contribution >= 0.6 is 23.2 Å². The van der Waals surface area contributed by atoms with Gasteiger partial charge in [0.15, 0.2) is 5.82 Å². The van der Waals surface area contributed by atoms with E-state index in [1.807, 2.05) is 36.4 Å². The van der Waals surface area contributed by atoms with Crippen LogP contribution in [-0.4, -0.2) is 16.3 Å². The molecule has 0 aliphatic rings. The first kappa shape index (κ1) is 13.9. The van der Waals surface area contributed by atoms with Gasteiger partial charge in [-0.2, -0.15) is 0 Å². The van der Waals surface area contributed by atoms with E-state index in [4.69, 9.17) is 23.2 Å². The van der Waals surface area contributed by atoms with Gasteiger partial charge in [-0.3, -0.25) is 0 Å². The van der Waals surface area contributed by atoms with Gasteiger partial charge in [-0.1, -0.05) is 41.4 Å². The molecule has 0 saturated carbocycles. The summed E-state index contributed by atoms with van der Waals surface area (Å²) >= 11 is 11.8. The van der Waals surface area contributed by atoms with Crippen molar-refractivity contribution in [3.63, 3.8) is 0 Å². The molecule has 21 heavy (non-hydrogen) atoms. The van der Waals surface area contributed by atoms with Gasteiger partial charge in [0, 0.05) is 22.2 Å². The predicted octanol–water partition coefficient (Wildman–Crippen LogP) is 5.00. The summed E-state index contributed by atoms with van der Waals surface area (Å²) in [6, 6.07) is 14.6. The molecule has 0 atom stereocenters. The lowest BCUT2D eigenvalue weighted by atomic mass is 10.2. The first-order valence-electron chi connectivity index (χ1n) is 6.21. The SMILES string of the molecule is Oc1c(Cl)cc(Cl)cc1C=Nc1ccc2ccccc2n1. The van der Waals surface area contributed by atoms with Gasteiger partial charge in [-0.15, -0.1) is 0 Å². The second-order valence-electron chi connectivity index (χ2n) is 4.45. The third kappa shape index (κ3) is 2.99. The number of para-hydroxylation sites is 1. The Morgan fingerprint density at radius 1 is 1.05 bits per heavy atom. The molecule has 104 valence electrons. The van der Waals surface area contributed by atoms with Crippen LogP contribution < -0.4 is 0 Å². The third-order valence-corrected chi connectivity index (χ3v) is 3.48. The maximum atomic E-state index is 9.87. The molecule has 0 saturated heterocycles. The summed E-state index contributed by atoms with van der Waals surface area (Å²) in [6.45, 7) is 0. The number of hydrogen-bond donors (Lipinski definition) is 1. The number of nitrogens with zero attached hydrogens (tertiary/aromatic N) is 2. The fourth-order valence-corrected chi connectivity index (χ4v) is 2.46. The molecular formula is C16H10Cl2N2O. The van der Waals surface area contributed by atoms with Crippen molar-refractivity contribution in [2.24, 2.45) is 4.99 Å². The van der Waals surface area contributed by atoms with Crippen molar-refractivity contribution < 1.29 is 5.11 Å². The van der Waals surface area contributed by atoms with Gasteiger partial charge in [0.1, 0.15) is 5.75 Å². The average molecular weight is 317 g/mol. The lowest BCUT2D eigenvalue weighted by Gasteiger charge is -2.02. The van der Waals surface area contributed by atoms with Crippen LogP contribution in [0.4, 0.5) is 5.82 Å². The number of halogens is 2. The van der Waals surface area contributed by atoms with Crippen LogP contribution in [0.2, 0.25) is 10.0 Å². The van der Waals surface area contributed by atoms with Crippen molar-refractivity contribution >= 4 is 46.1 Å². The maximum Gasteiger partial charge on any atom is 0.152 e. The van der Waals surface area contributed by atoms with Gasteiger partial charge in [-0.05, 0) is 30.3 Å². The number of benzene rings is 2. The van der Waals surface area contributed by atoms with Crippen molar-refractivity contribution in [2.45, 2.75) is 0 Å². The van der Waals surface area contributed by atoms with Crippen LogP contribution in [0, 0.1) is 0 Å². The Kier molecular flexibility index (Phi) is 3.78. The van der Waals surface area contributed by atoms with Gasteiger partial charge >= 0.3 is 0 Å². The van der Waals surface area contributed by atoms with Crippen molar-refractivity contribution in [3.05, 3.63) is 64.1 Å². The van der Waals surface area contributed by atoms with Crippen molar-refractivity contribution in [3.8, 4) is 5.75 Å². The fourth-order valence-electron chi connectivity index (χ4n) is 1.95. The molecule has 2 aromatic carbocycles. The summed E-state index contributed by atoms with van der Waals surface area (Å²) in [5.74, 6) is 0.495. The van der Waals surface area contributed by atoms with Crippen LogP contribution in [0.25, 0.3) is 10.9 Å². The third-order valence-electron chi connectivity index (χ3n) is 2.98. The Morgan fingerprint density at radius 3 is 2.71 bits per heavy atom. The molecule has 3 nitrogen and oxygen atoms in total. The van der Waals surface area contributed by atoms with Crippen LogP contribution in [0.15, 0.2) is 53.5 Å². The molecule has 1 aromatic heterocycles. The molecule has 1 N–H and O–H groups in total. The molecule has 0 bridgehead atoms. The Balaban J connectivity index is 1.98. The molecule has 0 amide bonds. The van der Waals surface area contributed by atoms with Crippen LogP contribution in [-0.2, 0) is 0 Å². The average Bonchev–Trinajstić information content (AvgIpc) is 2.49. The van der Waals surface area contributed by atoms with E-state index in [1.54, 1.807) is 6.07 Å². The lowest BCUT2D eigenvalue weighted by Crippen LogP contribution is -1.85. The van der Waals surface area contributed by atoms with E-state index in [9.17, 15) is 5.11 Å². The normalized spacial score (nSPS) is 11.3. The first-order chi connectivity index (χ1) is 10.1. The number of phenols is 1. The molecule has 0 radical (unpaired) electrons. The number of phenolic OH excluding ortho intramolecular Hbond substituents is 1. The second-order valence-corrected chi connectivity index (χ2v) is 5.29. The number of pyridine rings is 1. The monoisotopic (exact) mass is 316 g/mol. The smallest absolute Gasteiger partial charge is 0.152 e. The zero-order chi connectivity index (χ0) is 14.8. The van der Waals surface area contributed by atoms with Crippen molar-refractivity contribution in [1.29, 1.82) is 0 Å². The molecule has 3 aromatic rings. The highest BCUT2D eigenvalue weighted by molar-refractivity contribution is 6.36. The standard InChI is InChI=1S/C16H10Cl2N2O/c17-12-7-11(16(21)13(18)8-12)9-19-15-6-5-10-3-1-2-4-14(10)20-15/h1-9,21H. The molecule has 0 aliphatic heterocycles. The number of hydrogen-bond acceptors (Lipinski definition) is 3. The summed E-state index contributed by atoms with van der Waals surface area (Å²) in [4.78, 5) is 8.68. The highest BCUT2D eigenvalue weighted by atomic mass is 35.5. The topological polar surface area (TPSA) is 45.5 Å². The summed E-state index contributed by atoms with van der Waals surface area (Å²) in [5, 5.41) is 11.5. The minimum atomic E-state index is -0.0504. The molecule has 0 fully saturated rings. The highest BCUT2D eigenvalue weighted by Crippen LogP contribution is 2.30.